The standard InChI is InChI=1S/C12H17N3O2S/c1-7(18-2)3-4-14-9-6-10-11(5-8(9)13)17-12(16)15-10/h5-7,14H,3-4,13H2,1-2H3,(H,15,16). The summed E-state index contributed by atoms with van der Waals surface area (Å²) in [5.41, 5.74) is 8.46. The average Bonchev–Trinajstić information content (AvgIpc) is 2.68. The van der Waals surface area contributed by atoms with Crippen LogP contribution in [0.25, 0.3) is 11.1 Å². The maximum Gasteiger partial charge on any atom is 0.417 e. The lowest BCUT2D eigenvalue weighted by atomic mass is 10.2. The molecule has 5 nitrogen and oxygen atoms in total. The van der Waals surface area contributed by atoms with Crippen LogP contribution < -0.4 is 16.8 Å². The first-order valence-corrected chi connectivity index (χ1v) is 7.08. The highest BCUT2D eigenvalue weighted by molar-refractivity contribution is 7.99. The minimum absolute atomic E-state index is 0.461. The van der Waals surface area contributed by atoms with Gasteiger partial charge in [-0.3, -0.25) is 4.98 Å². The summed E-state index contributed by atoms with van der Waals surface area (Å²) in [6.45, 7) is 3.03. The van der Waals surface area contributed by atoms with E-state index in [1.165, 1.54) is 0 Å². The molecule has 6 heteroatoms. The summed E-state index contributed by atoms with van der Waals surface area (Å²) >= 11 is 1.84. The largest absolute Gasteiger partial charge is 0.417 e. The molecule has 1 atom stereocenters. The predicted octanol–water partition coefficient (Wildman–Crippen LogP) is 2.26. The fraction of sp³-hybridized carbons (Fsp3) is 0.417. The minimum atomic E-state index is -0.461. The molecule has 0 aliphatic heterocycles. The van der Waals surface area contributed by atoms with E-state index in [0.717, 1.165) is 18.7 Å². The topological polar surface area (TPSA) is 84.0 Å². The quantitative estimate of drug-likeness (QED) is 0.724. The lowest BCUT2D eigenvalue weighted by molar-refractivity contribution is 0.555. The summed E-state index contributed by atoms with van der Waals surface area (Å²) in [4.78, 5) is 13.7. The average molecular weight is 267 g/mol. The Bertz CT molecular complexity index is 591. The molecule has 0 fully saturated rings. The number of rotatable bonds is 5. The minimum Gasteiger partial charge on any atom is -0.408 e. The van der Waals surface area contributed by atoms with Gasteiger partial charge < -0.3 is 15.5 Å². The van der Waals surface area contributed by atoms with E-state index in [1.807, 2.05) is 11.8 Å². The van der Waals surface area contributed by atoms with Crippen LogP contribution in [0.15, 0.2) is 21.3 Å². The number of thioether (sulfide) groups is 1. The lowest BCUT2D eigenvalue weighted by Crippen LogP contribution is -2.09. The molecule has 2 rings (SSSR count). The molecule has 0 saturated heterocycles. The number of benzene rings is 1. The number of anilines is 2. The van der Waals surface area contributed by atoms with Crippen LogP contribution in [0.3, 0.4) is 0 Å². The first-order chi connectivity index (χ1) is 8.60. The highest BCUT2D eigenvalue weighted by Gasteiger charge is 2.07. The Morgan fingerprint density at radius 3 is 3.06 bits per heavy atom. The first-order valence-electron chi connectivity index (χ1n) is 5.79. The Labute approximate surface area is 109 Å². The number of nitrogens with two attached hydrogens (primary N) is 1. The van der Waals surface area contributed by atoms with Crippen LogP contribution in [-0.4, -0.2) is 23.0 Å². The van der Waals surface area contributed by atoms with Crippen molar-refractivity contribution < 1.29 is 4.42 Å². The highest BCUT2D eigenvalue weighted by Crippen LogP contribution is 2.24. The number of nitrogens with one attached hydrogen (secondary N) is 2. The molecule has 0 aliphatic rings. The van der Waals surface area contributed by atoms with Crippen LogP contribution >= 0.6 is 11.8 Å². The summed E-state index contributed by atoms with van der Waals surface area (Å²) in [7, 11) is 0. The van der Waals surface area contributed by atoms with Gasteiger partial charge in [0.15, 0.2) is 5.58 Å². The van der Waals surface area contributed by atoms with Crippen LogP contribution in [0, 0.1) is 0 Å². The zero-order valence-corrected chi connectivity index (χ0v) is 11.3. The normalized spacial score (nSPS) is 12.8. The lowest BCUT2D eigenvalue weighted by Gasteiger charge is -2.11. The molecule has 0 spiro atoms. The third-order valence-electron chi connectivity index (χ3n) is 2.86. The van der Waals surface area contributed by atoms with Crippen molar-refractivity contribution in [1.29, 1.82) is 0 Å². The van der Waals surface area contributed by atoms with Crippen molar-refractivity contribution in [3.8, 4) is 0 Å². The van der Waals surface area contributed by atoms with Gasteiger partial charge in [0.25, 0.3) is 0 Å². The van der Waals surface area contributed by atoms with E-state index in [9.17, 15) is 4.79 Å². The van der Waals surface area contributed by atoms with Gasteiger partial charge in [-0.1, -0.05) is 6.92 Å². The molecule has 0 radical (unpaired) electrons. The molecule has 1 unspecified atom stereocenters. The second-order valence-corrected chi connectivity index (χ2v) is 5.49. The third kappa shape index (κ3) is 2.81. The van der Waals surface area contributed by atoms with Crippen LogP contribution in [-0.2, 0) is 0 Å². The molecule has 1 aromatic carbocycles. The Morgan fingerprint density at radius 1 is 1.56 bits per heavy atom. The van der Waals surface area contributed by atoms with Crippen LogP contribution in [0.1, 0.15) is 13.3 Å². The van der Waals surface area contributed by atoms with Gasteiger partial charge in [-0.2, -0.15) is 11.8 Å². The zero-order chi connectivity index (χ0) is 13.1. The summed E-state index contributed by atoms with van der Waals surface area (Å²) < 4.78 is 4.94. The summed E-state index contributed by atoms with van der Waals surface area (Å²) in [6.07, 6.45) is 3.15. The molecule has 1 heterocycles. The van der Waals surface area contributed by atoms with Gasteiger partial charge in [0.1, 0.15) is 0 Å². The fourth-order valence-corrected chi connectivity index (χ4v) is 2.05. The second-order valence-electron chi connectivity index (χ2n) is 4.21. The number of hydrogen-bond acceptors (Lipinski definition) is 5. The molecule has 18 heavy (non-hydrogen) atoms. The van der Waals surface area contributed by atoms with E-state index in [0.29, 0.717) is 22.0 Å². The van der Waals surface area contributed by atoms with E-state index in [4.69, 9.17) is 10.2 Å². The van der Waals surface area contributed by atoms with Gasteiger partial charge in [0, 0.05) is 17.9 Å². The number of oxazole rings is 1. The predicted molar refractivity (Wildman–Crippen MR) is 77.3 cm³/mol. The summed E-state index contributed by atoms with van der Waals surface area (Å²) in [6, 6.07) is 3.47. The number of nitrogen functional groups attached to an aromatic ring is 1. The van der Waals surface area contributed by atoms with Crippen LogP contribution in [0.4, 0.5) is 11.4 Å². The van der Waals surface area contributed by atoms with Crippen LogP contribution in [0.5, 0.6) is 0 Å². The van der Waals surface area contributed by atoms with Crippen molar-refractivity contribution >= 4 is 34.2 Å². The Morgan fingerprint density at radius 2 is 2.33 bits per heavy atom. The maximum atomic E-state index is 11.1. The molecule has 0 saturated carbocycles. The molecule has 0 aliphatic carbocycles. The van der Waals surface area contributed by atoms with Gasteiger partial charge in [-0.15, -0.1) is 0 Å². The molecule has 0 amide bonds. The Kier molecular flexibility index (Phi) is 3.86. The summed E-state index contributed by atoms with van der Waals surface area (Å²) in [5, 5.41) is 3.89. The number of hydrogen-bond donors (Lipinski definition) is 3. The second kappa shape index (κ2) is 5.39. The molecule has 1 aromatic heterocycles. The van der Waals surface area contributed by atoms with Gasteiger partial charge in [-0.25, -0.2) is 4.79 Å². The van der Waals surface area contributed by atoms with Crippen molar-refractivity contribution in [1.82, 2.24) is 4.98 Å². The molecular weight excluding hydrogens is 250 g/mol. The number of H-pyrrole nitrogens is 1. The monoisotopic (exact) mass is 267 g/mol. The van der Waals surface area contributed by atoms with Gasteiger partial charge in [-0.05, 0) is 18.7 Å². The first kappa shape index (κ1) is 12.9. The summed E-state index contributed by atoms with van der Waals surface area (Å²) in [5.74, 6) is -0.461. The van der Waals surface area contributed by atoms with E-state index in [1.54, 1.807) is 12.1 Å². The van der Waals surface area contributed by atoms with Crippen molar-refractivity contribution in [3.05, 3.63) is 22.7 Å². The Hall–Kier alpha value is -1.56. The van der Waals surface area contributed by atoms with Crippen molar-refractivity contribution in [2.45, 2.75) is 18.6 Å². The van der Waals surface area contributed by atoms with Gasteiger partial charge in [0.05, 0.1) is 16.9 Å². The molecule has 0 bridgehead atoms. The van der Waals surface area contributed by atoms with Crippen molar-refractivity contribution in [2.75, 3.05) is 23.9 Å². The third-order valence-corrected chi connectivity index (χ3v) is 3.90. The van der Waals surface area contributed by atoms with Crippen LogP contribution in [0.2, 0.25) is 0 Å². The molecule has 98 valence electrons. The smallest absolute Gasteiger partial charge is 0.408 e. The fourth-order valence-electron chi connectivity index (χ4n) is 1.69. The number of aromatic nitrogens is 1. The van der Waals surface area contributed by atoms with E-state index >= 15 is 0 Å². The SMILES string of the molecule is CSC(C)CCNc1cc2[nH]c(=O)oc2cc1N. The van der Waals surface area contributed by atoms with E-state index in [-0.39, 0.29) is 0 Å². The number of fused-ring (bicyclic) bond motifs is 1. The van der Waals surface area contributed by atoms with E-state index in [2.05, 4.69) is 23.5 Å². The van der Waals surface area contributed by atoms with Crippen molar-refractivity contribution in [2.24, 2.45) is 0 Å². The number of aromatic amines is 1. The van der Waals surface area contributed by atoms with Gasteiger partial charge >= 0.3 is 5.76 Å². The molecule has 2 aromatic rings. The van der Waals surface area contributed by atoms with Gasteiger partial charge in [0.2, 0.25) is 0 Å². The van der Waals surface area contributed by atoms with Crippen molar-refractivity contribution in [3.63, 3.8) is 0 Å². The molecule has 4 N–H and O–H groups in total. The Balaban J connectivity index is 2.12. The zero-order valence-electron chi connectivity index (χ0n) is 10.4. The highest BCUT2D eigenvalue weighted by atomic mass is 32.2. The maximum absolute atomic E-state index is 11.1. The van der Waals surface area contributed by atoms with E-state index < -0.39 is 5.76 Å². The molecular formula is C12H17N3O2S.